The normalized spacial score (nSPS) is 34.5. The fraction of sp³-hybridized carbons (Fsp3) is 0.944. The van der Waals surface area contributed by atoms with Crippen LogP contribution in [0.2, 0.25) is 0 Å². The molecule has 2 N–H and O–H groups in total. The molecule has 0 bridgehead atoms. The van der Waals surface area contributed by atoms with Crippen molar-refractivity contribution < 1.29 is 9.90 Å². The Morgan fingerprint density at radius 2 is 1.68 bits per heavy atom. The molecule has 1 aliphatic heterocycles. The van der Waals surface area contributed by atoms with E-state index in [1.54, 1.807) is 0 Å². The standard InChI is InChI=1S/C18H34N2O2/c1-13-9-14(2)11-20(10-13)18(3,4)12-19-16-7-5-15(6-8-16)17(21)22/h13-16,19H,5-12H2,1-4H3,(H,21,22). The first-order valence-electron chi connectivity index (χ1n) is 8.99. The van der Waals surface area contributed by atoms with Gasteiger partial charge in [-0.3, -0.25) is 9.69 Å². The second-order valence-corrected chi connectivity index (χ2v) is 8.43. The maximum atomic E-state index is 11.0. The summed E-state index contributed by atoms with van der Waals surface area (Å²) in [4.78, 5) is 13.7. The lowest BCUT2D eigenvalue weighted by Crippen LogP contribution is -2.56. The molecule has 2 rings (SSSR count). The lowest BCUT2D eigenvalue weighted by atomic mass is 9.85. The number of nitrogens with zero attached hydrogens (tertiary/aromatic N) is 1. The van der Waals surface area contributed by atoms with Gasteiger partial charge < -0.3 is 10.4 Å². The van der Waals surface area contributed by atoms with Gasteiger partial charge in [-0.2, -0.15) is 0 Å². The van der Waals surface area contributed by atoms with Gasteiger partial charge in [0, 0.05) is 31.2 Å². The summed E-state index contributed by atoms with van der Waals surface area (Å²) < 4.78 is 0. The van der Waals surface area contributed by atoms with Crippen LogP contribution >= 0.6 is 0 Å². The van der Waals surface area contributed by atoms with E-state index in [0.29, 0.717) is 6.04 Å². The third kappa shape index (κ3) is 4.69. The Labute approximate surface area is 135 Å². The maximum Gasteiger partial charge on any atom is 0.306 e. The van der Waals surface area contributed by atoms with E-state index in [4.69, 9.17) is 5.11 Å². The highest BCUT2D eigenvalue weighted by Crippen LogP contribution is 2.28. The summed E-state index contributed by atoms with van der Waals surface area (Å²) in [5, 5.41) is 12.8. The summed E-state index contributed by atoms with van der Waals surface area (Å²) >= 11 is 0. The van der Waals surface area contributed by atoms with Gasteiger partial charge in [0.25, 0.3) is 0 Å². The van der Waals surface area contributed by atoms with Crippen molar-refractivity contribution in [2.24, 2.45) is 17.8 Å². The summed E-state index contributed by atoms with van der Waals surface area (Å²) in [7, 11) is 0. The predicted molar refractivity (Wildman–Crippen MR) is 90.0 cm³/mol. The average Bonchev–Trinajstić information content (AvgIpc) is 2.44. The van der Waals surface area contributed by atoms with E-state index < -0.39 is 5.97 Å². The number of carboxylic acids is 1. The molecule has 2 atom stereocenters. The van der Waals surface area contributed by atoms with E-state index in [2.05, 4.69) is 37.9 Å². The first kappa shape index (κ1) is 17.7. The van der Waals surface area contributed by atoms with E-state index in [1.165, 1.54) is 19.5 Å². The smallest absolute Gasteiger partial charge is 0.306 e. The molecular formula is C18H34N2O2. The zero-order chi connectivity index (χ0) is 16.3. The molecule has 1 saturated carbocycles. The van der Waals surface area contributed by atoms with Gasteiger partial charge >= 0.3 is 5.97 Å². The Balaban J connectivity index is 1.79. The Morgan fingerprint density at radius 3 is 2.18 bits per heavy atom. The van der Waals surface area contributed by atoms with Crippen LogP contribution in [0.15, 0.2) is 0 Å². The van der Waals surface area contributed by atoms with Gasteiger partial charge in [0.2, 0.25) is 0 Å². The van der Waals surface area contributed by atoms with Crippen LogP contribution < -0.4 is 5.32 Å². The Kier molecular flexibility index (Phi) is 5.89. The molecular weight excluding hydrogens is 276 g/mol. The van der Waals surface area contributed by atoms with Crippen molar-refractivity contribution in [1.82, 2.24) is 10.2 Å². The number of carboxylic acid groups (broad SMARTS) is 1. The van der Waals surface area contributed by atoms with Crippen LogP contribution in [0.4, 0.5) is 0 Å². The Morgan fingerprint density at radius 1 is 1.14 bits per heavy atom. The molecule has 128 valence electrons. The van der Waals surface area contributed by atoms with Crippen molar-refractivity contribution in [2.75, 3.05) is 19.6 Å². The number of likely N-dealkylation sites (tertiary alicyclic amines) is 1. The Bertz CT molecular complexity index is 365. The number of aliphatic carboxylic acids is 1. The average molecular weight is 310 g/mol. The van der Waals surface area contributed by atoms with Gasteiger partial charge in [-0.15, -0.1) is 0 Å². The first-order valence-corrected chi connectivity index (χ1v) is 8.99. The predicted octanol–water partition coefficient (Wildman–Crippen LogP) is 2.98. The summed E-state index contributed by atoms with van der Waals surface area (Å²) in [6, 6.07) is 0.495. The summed E-state index contributed by atoms with van der Waals surface area (Å²) in [5.74, 6) is 0.841. The molecule has 1 aliphatic carbocycles. The van der Waals surface area contributed by atoms with Crippen molar-refractivity contribution in [3.05, 3.63) is 0 Å². The second kappa shape index (κ2) is 7.31. The van der Waals surface area contributed by atoms with Crippen LogP contribution in [0.1, 0.15) is 59.8 Å². The molecule has 0 radical (unpaired) electrons. The molecule has 0 aromatic carbocycles. The molecule has 2 fully saturated rings. The zero-order valence-corrected chi connectivity index (χ0v) is 14.8. The zero-order valence-electron chi connectivity index (χ0n) is 14.8. The molecule has 1 saturated heterocycles. The summed E-state index contributed by atoms with van der Waals surface area (Å²) in [6.45, 7) is 12.8. The summed E-state index contributed by atoms with van der Waals surface area (Å²) in [5.41, 5.74) is 0.173. The van der Waals surface area contributed by atoms with Crippen LogP contribution in [0.5, 0.6) is 0 Å². The van der Waals surface area contributed by atoms with E-state index in [0.717, 1.165) is 44.1 Å². The molecule has 0 aromatic heterocycles. The monoisotopic (exact) mass is 310 g/mol. The molecule has 1 heterocycles. The number of hydrogen-bond donors (Lipinski definition) is 2. The highest BCUT2D eigenvalue weighted by Gasteiger charge is 2.33. The van der Waals surface area contributed by atoms with Crippen LogP contribution in [0.25, 0.3) is 0 Å². The SMILES string of the molecule is CC1CC(C)CN(C(C)(C)CNC2CCC(C(=O)O)CC2)C1. The topological polar surface area (TPSA) is 52.6 Å². The minimum absolute atomic E-state index is 0.116. The van der Waals surface area contributed by atoms with Crippen molar-refractivity contribution in [3.8, 4) is 0 Å². The molecule has 0 spiro atoms. The van der Waals surface area contributed by atoms with Gasteiger partial charge in [-0.1, -0.05) is 13.8 Å². The largest absolute Gasteiger partial charge is 0.481 e. The van der Waals surface area contributed by atoms with E-state index in [1.807, 2.05) is 0 Å². The fourth-order valence-electron chi connectivity index (χ4n) is 4.21. The highest BCUT2D eigenvalue weighted by molar-refractivity contribution is 5.70. The highest BCUT2D eigenvalue weighted by atomic mass is 16.4. The molecule has 0 aromatic rings. The molecule has 4 nitrogen and oxygen atoms in total. The quantitative estimate of drug-likeness (QED) is 0.820. The molecule has 2 unspecified atom stereocenters. The van der Waals surface area contributed by atoms with Crippen LogP contribution in [-0.4, -0.2) is 47.2 Å². The van der Waals surface area contributed by atoms with Gasteiger partial charge in [0.15, 0.2) is 0 Å². The van der Waals surface area contributed by atoms with Crippen molar-refractivity contribution in [1.29, 1.82) is 0 Å². The lowest BCUT2D eigenvalue weighted by Gasteiger charge is -2.46. The van der Waals surface area contributed by atoms with Crippen molar-refractivity contribution in [2.45, 2.75) is 71.4 Å². The molecule has 2 aliphatic rings. The van der Waals surface area contributed by atoms with Crippen LogP contribution in [0.3, 0.4) is 0 Å². The molecule has 22 heavy (non-hydrogen) atoms. The third-order valence-corrected chi connectivity index (χ3v) is 5.62. The Hall–Kier alpha value is -0.610. The molecule has 4 heteroatoms. The van der Waals surface area contributed by atoms with E-state index in [9.17, 15) is 4.79 Å². The fourth-order valence-corrected chi connectivity index (χ4v) is 4.21. The second-order valence-electron chi connectivity index (χ2n) is 8.43. The third-order valence-electron chi connectivity index (χ3n) is 5.62. The number of piperidine rings is 1. The van der Waals surface area contributed by atoms with E-state index in [-0.39, 0.29) is 11.5 Å². The minimum Gasteiger partial charge on any atom is -0.481 e. The molecule has 0 amide bonds. The van der Waals surface area contributed by atoms with Crippen LogP contribution in [0, 0.1) is 17.8 Å². The van der Waals surface area contributed by atoms with Crippen LogP contribution in [-0.2, 0) is 4.79 Å². The van der Waals surface area contributed by atoms with Gasteiger partial charge in [-0.25, -0.2) is 0 Å². The van der Waals surface area contributed by atoms with Gasteiger partial charge in [-0.05, 0) is 57.8 Å². The maximum absolute atomic E-state index is 11.0. The van der Waals surface area contributed by atoms with Gasteiger partial charge in [0.05, 0.1) is 5.92 Å². The minimum atomic E-state index is -0.616. The number of carbonyl (C=O) groups is 1. The number of rotatable bonds is 5. The van der Waals surface area contributed by atoms with Crippen molar-refractivity contribution in [3.63, 3.8) is 0 Å². The number of nitrogens with one attached hydrogen (secondary N) is 1. The first-order chi connectivity index (χ1) is 10.3. The number of hydrogen-bond acceptors (Lipinski definition) is 3. The summed E-state index contributed by atoms with van der Waals surface area (Å²) in [6.07, 6.45) is 5.00. The van der Waals surface area contributed by atoms with E-state index >= 15 is 0 Å². The van der Waals surface area contributed by atoms with Crippen molar-refractivity contribution >= 4 is 5.97 Å². The lowest BCUT2D eigenvalue weighted by molar-refractivity contribution is -0.142. The van der Waals surface area contributed by atoms with Gasteiger partial charge in [0.1, 0.15) is 0 Å².